The van der Waals surface area contributed by atoms with E-state index in [0.717, 1.165) is 7.11 Å². The van der Waals surface area contributed by atoms with Crippen LogP contribution >= 0.6 is 11.8 Å². The average molecular weight is 306 g/mol. The summed E-state index contributed by atoms with van der Waals surface area (Å²) in [6, 6.07) is 0. The van der Waals surface area contributed by atoms with Crippen molar-refractivity contribution in [1.29, 1.82) is 0 Å². The third-order valence-electron chi connectivity index (χ3n) is 2.31. The highest BCUT2D eigenvalue weighted by Crippen LogP contribution is 2.33. The van der Waals surface area contributed by atoms with E-state index in [9.17, 15) is 14.4 Å². The predicted molar refractivity (Wildman–Crippen MR) is 75.4 cm³/mol. The lowest BCUT2D eigenvalue weighted by molar-refractivity contribution is -0.166. The number of hydrogen-bond acceptors (Lipinski definition) is 7. The molecule has 116 valence electrons. The van der Waals surface area contributed by atoms with Crippen LogP contribution in [-0.2, 0) is 23.8 Å². The second-order valence-corrected chi connectivity index (χ2v) is 7.10. The molecule has 0 saturated heterocycles. The Morgan fingerprint density at radius 1 is 1.05 bits per heavy atom. The number of thioether (sulfide) groups is 1. The Balaban J connectivity index is 5.09. The third kappa shape index (κ3) is 5.81. The number of carbonyl (C=O) groups excluding carboxylic acids is 3. The van der Waals surface area contributed by atoms with Crippen LogP contribution in [0.3, 0.4) is 0 Å². The van der Waals surface area contributed by atoms with Gasteiger partial charge in [-0.2, -0.15) is 11.8 Å². The van der Waals surface area contributed by atoms with Crippen LogP contribution in [0.5, 0.6) is 0 Å². The van der Waals surface area contributed by atoms with Crippen LogP contribution in [-0.4, -0.2) is 42.3 Å². The number of carbonyl (C=O) groups is 3. The minimum Gasteiger partial charge on any atom is -0.465 e. The molecule has 0 aromatic heterocycles. The first-order valence-corrected chi connectivity index (χ1v) is 7.16. The van der Waals surface area contributed by atoms with Crippen molar-refractivity contribution in [3.63, 3.8) is 0 Å². The lowest BCUT2D eigenvalue weighted by Gasteiger charge is -2.27. The van der Waals surface area contributed by atoms with Crippen LogP contribution in [0.1, 0.15) is 34.6 Å². The topological polar surface area (TPSA) is 78.9 Å². The summed E-state index contributed by atoms with van der Waals surface area (Å²) in [6.07, 6.45) is -1.15. The van der Waals surface area contributed by atoms with Gasteiger partial charge >= 0.3 is 18.1 Å². The van der Waals surface area contributed by atoms with Crippen molar-refractivity contribution >= 4 is 29.9 Å². The molecular weight excluding hydrogens is 284 g/mol. The Kier molecular flexibility index (Phi) is 7.05. The first-order chi connectivity index (χ1) is 9.06. The van der Waals surface area contributed by atoms with Gasteiger partial charge in [0.05, 0.1) is 13.7 Å². The van der Waals surface area contributed by atoms with Gasteiger partial charge in [-0.05, 0) is 13.8 Å². The average Bonchev–Trinajstić information content (AvgIpc) is 2.34. The van der Waals surface area contributed by atoms with Crippen molar-refractivity contribution in [3.05, 3.63) is 0 Å². The molecule has 0 radical (unpaired) electrons. The molecular formula is C13H22O6S. The highest BCUT2D eigenvalue weighted by Gasteiger charge is 2.46. The lowest BCUT2D eigenvalue weighted by Crippen LogP contribution is -2.43. The highest BCUT2D eigenvalue weighted by molar-refractivity contribution is 8.00. The van der Waals surface area contributed by atoms with E-state index in [-0.39, 0.29) is 17.1 Å². The maximum atomic E-state index is 12.0. The fraction of sp³-hybridized carbons (Fsp3) is 0.769. The SMILES string of the molecule is CCOC(=O)C(C)(CSC(C)(C)C)C(=O)OC(=O)OC. The smallest absolute Gasteiger partial charge is 0.465 e. The van der Waals surface area contributed by atoms with Crippen molar-refractivity contribution < 1.29 is 28.6 Å². The Morgan fingerprint density at radius 2 is 1.60 bits per heavy atom. The maximum absolute atomic E-state index is 12.0. The summed E-state index contributed by atoms with van der Waals surface area (Å²) in [4.78, 5) is 35.1. The fourth-order valence-electron chi connectivity index (χ4n) is 1.08. The summed E-state index contributed by atoms with van der Waals surface area (Å²) in [7, 11) is 1.08. The van der Waals surface area contributed by atoms with E-state index in [2.05, 4.69) is 9.47 Å². The van der Waals surface area contributed by atoms with Crippen molar-refractivity contribution in [2.75, 3.05) is 19.5 Å². The molecule has 0 bridgehead atoms. The van der Waals surface area contributed by atoms with Crippen LogP contribution in [0.2, 0.25) is 0 Å². The molecule has 20 heavy (non-hydrogen) atoms. The first-order valence-electron chi connectivity index (χ1n) is 6.18. The molecule has 0 N–H and O–H groups in total. The van der Waals surface area contributed by atoms with E-state index in [4.69, 9.17) is 4.74 Å². The maximum Gasteiger partial charge on any atom is 0.515 e. The third-order valence-corrected chi connectivity index (χ3v) is 3.90. The summed E-state index contributed by atoms with van der Waals surface area (Å²) < 4.78 is 13.5. The van der Waals surface area contributed by atoms with Gasteiger partial charge in [0.1, 0.15) is 0 Å². The molecule has 0 saturated carbocycles. The zero-order valence-electron chi connectivity index (χ0n) is 12.8. The Morgan fingerprint density at radius 3 is 2.00 bits per heavy atom. The van der Waals surface area contributed by atoms with Crippen LogP contribution in [0.25, 0.3) is 0 Å². The van der Waals surface area contributed by atoms with Gasteiger partial charge in [-0.1, -0.05) is 20.8 Å². The molecule has 0 aromatic rings. The van der Waals surface area contributed by atoms with Crippen molar-refractivity contribution in [1.82, 2.24) is 0 Å². The number of esters is 2. The zero-order valence-corrected chi connectivity index (χ0v) is 13.6. The van der Waals surface area contributed by atoms with E-state index >= 15 is 0 Å². The Labute approximate surface area is 123 Å². The molecule has 0 aliphatic carbocycles. The van der Waals surface area contributed by atoms with Crippen molar-refractivity contribution in [2.45, 2.75) is 39.4 Å². The highest BCUT2D eigenvalue weighted by atomic mass is 32.2. The summed E-state index contributed by atoms with van der Waals surface area (Å²) in [5.41, 5.74) is -1.55. The zero-order chi connectivity index (χ0) is 16.0. The van der Waals surface area contributed by atoms with E-state index in [1.165, 1.54) is 18.7 Å². The molecule has 0 spiro atoms. The molecule has 0 heterocycles. The minimum atomic E-state index is -1.55. The second-order valence-electron chi connectivity index (χ2n) is 5.30. The van der Waals surface area contributed by atoms with E-state index in [1.807, 2.05) is 20.8 Å². The van der Waals surface area contributed by atoms with Crippen molar-refractivity contribution in [3.8, 4) is 0 Å². The molecule has 6 nitrogen and oxygen atoms in total. The van der Waals surface area contributed by atoms with Gasteiger partial charge in [-0.3, -0.25) is 9.59 Å². The quantitative estimate of drug-likeness (QED) is 0.570. The summed E-state index contributed by atoms with van der Waals surface area (Å²) in [6.45, 7) is 9.04. The number of rotatable bonds is 5. The summed E-state index contributed by atoms with van der Waals surface area (Å²) in [5.74, 6) is -1.55. The van der Waals surface area contributed by atoms with Gasteiger partial charge in [0.2, 0.25) is 0 Å². The minimum absolute atomic E-state index is 0.139. The van der Waals surface area contributed by atoms with Crippen molar-refractivity contribution in [2.24, 2.45) is 5.41 Å². The molecule has 0 fully saturated rings. The molecule has 0 aliphatic heterocycles. The molecule has 0 rings (SSSR count). The molecule has 0 amide bonds. The largest absolute Gasteiger partial charge is 0.515 e. The number of ether oxygens (including phenoxy) is 3. The van der Waals surface area contributed by atoms with Crippen LogP contribution in [0.4, 0.5) is 4.79 Å². The molecule has 0 aromatic carbocycles. The second kappa shape index (κ2) is 7.52. The fourth-order valence-corrected chi connectivity index (χ4v) is 2.04. The molecule has 0 aliphatic rings. The van der Waals surface area contributed by atoms with E-state index < -0.39 is 23.5 Å². The molecule has 7 heteroatoms. The van der Waals surface area contributed by atoms with E-state index in [0.29, 0.717) is 0 Å². The summed E-state index contributed by atoms with van der Waals surface area (Å²) >= 11 is 1.40. The molecule has 1 unspecified atom stereocenters. The normalized spacial score (nSPS) is 14.1. The van der Waals surface area contributed by atoms with Gasteiger partial charge < -0.3 is 14.2 Å². The standard InChI is InChI=1S/C13H22O6S/c1-7-18-9(14)13(5,8-20-12(2,3)4)10(15)19-11(16)17-6/h7-8H2,1-6H3. The Bertz CT molecular complexity index is 374. The first kappa shape index (κ1) is 18.8. The monoisotopic (exact) mass is 306 g/mol. The number of methoxy groups -OCH3 is 1. The van der Waals surface area contributed by atoms with Gasteiger partial charge in [0.25, 0.3) is 0 Å². The summed E-state index contributed by atoms with van der Waals surface area (Å²) in [5, 5.41) is 0. The van der Waals surface area contributed by atoms with Crippen LogP contribution in [0.15, 0.2) is 0 Å². The lowest BCUT2D eigenvalue weighted by atomic mass is 9.93. The Hall–Kier alpha value is -1.24. The van der Waals surface area contributed by atoms with Crippen LogP contribution in [0, 0.1) is 5.41 Å². The number of hydrogen-bond donors (Lipinski definition) is 0. The molecule has 1 atom stereocenters. The van der Waals surface area contributed by atoms with Gasteiger partial charge in [-0.15, -0.1) is 0 Å². The van der Waals surface area contributed by atoms with Gasteiger partial charge in [0.15, 0.2) is 5.41 Å². The van der Waals surface area contributed by atoms with Gasteiger partial charge in [0, 0.05) is 10.5 Å². The van der Waals surface area contributed by atoms with Crippen LogP contribution < -0.4 is 0 Å². The predicted octanol–water partition coefficient (Wildman–Crippen LogP) is 2.40. The van der Waals surface area contributed by atoms with E-state index in [1.54, 1.807) is 6.92 Å². The van der Waals surface area contributed by atoms with Gasteiger partial charge in [-0.25, -0.2) is 4.79 Å².